The number of hydrogen-bond acceptors (Lipinski definition) is 3. The summed E-state index contributed by atoms with van der Waals surface area (Å²) in [6.07, 6.45) is 1.06. The van der Waals surface area contributed by atoms with Crippen LogP contribution in [0.5, 0.6) is 5.75 Å². The maximum absolute atomic E-state index is 5.75. The number of nitrogens with zero attached hydrogens (tertiary/aromatic N) is 1. The van der Waals surface area contributed by atoms with Gasteiger partial charge in [0.1, 0.15) is 5.75 Å². The molecule has 0 bridgehead atoms. The molecule has 0 aliphatic rings. The molecule has 0 saturated heterocycles. The molecule has 1 aromatic rings. The summed E-state index contributed by atoms with van der Waals surface area (Å²) in [4.78, 5) is 2.17. The van der Waals surface area contributed by atoms with Crippen LogP contribution >= 0.6 is 0 Å². The predicted octanol–water partition coefficient (Wildman–Crippen LogP) is 2.52. The van der Waals surface area contributed by atoms with Crippen LogP contribution in [-0.4, -0.2) is 38.2 Å². The SMILES string of the molecule is CC(C)NCc1cccc(OCCCN(C)C)c1. The van der Waals surface area contributed by atoms with Crippen molar-refractivity contribution in [1.82, 2.24) is 10.2 Å². The Kier molecular flexibility index (Phi) is 6.76. The van der Waals surface area contributed by atoms with E-state index in [1.54, 1.807) is 0 Å². The average Bonchev–Trinajstić information content (AvgIpc) is 2.32. The van der Waals surface area contributed by atoms with Gasteiger partial charge in [-0.05, 0) is 38.2 Å². The molecule has 0 atom stereocenters. The van der Waals surface area contributed by atoms with Gasteiger partial charge >= 0.3 is 0 Å². The van der Waals surface area contributed by atoms with Gasteiger partial charge in [-0.2, -0.15) is 0 Å². The summed E-state index contributed by atoms with van der Waals surface area (Å²) in [5.74, 6) is 0.969. The minimum absolute atomic E-state index is 0.509. The molecule has 0 unspecified atom stereocenters. The minimum atomic E-state index is 0.509. The number of nitrogens with one attached hydrogen (secondary N) is 1. The van der Waals surface area contributed by atoms with Gasteiger partial charge < -0.3 is 15.0 Å². The van der Waals surface area contributed by atoms with Crippen LogP contribution in [0, 0.1) is 0 Å². The minimum Gasteiger partial charge on any atom is -0.494 e. The van der Waals surface area contributed by atoms with E-state index in [-0.39, 0.29) is 0 Å². The van der Waals surface area contributed by atoms with Crippen molar-refractivity contribution < 1.29 is 4.74 Å². The summed E-state index contributed by atoms with van der Waals surface area (Å²) in [7, 11) is 4.16. The molecule has 0 amide bonds. The molecule has 1 aromatic carbocycles. The van der Waals surface area contributed by atoms with Crippen molar-refractivity contribution in [2.45, 2.75) is 32.9 Å². The van der Waals surface area contributed by atoms with E-state index in [1.807, 2.05) is 6.07 Å². The van der Waals surface area contributed by atoms with E-state index in [2.05, 4.69) is 56.4 Å². The lowest BCUT2D eigenvalue weighted by atomic mass is 10.2. The van der Waals surface area contributed by atoms with E-state index in [0.29, 0.717) is 6.04 Å². The zero-order valence-corrected chi connectivity index (χ0v) is 12.1. The molecule has 102 valence electrons. The molecule has 3 nitrogen and oxygen atoms in total. The quantitative estimate of drug-likeness (QED) is 0.718. The van der Waals surface area contributed by atoms with Crippen molar-refractivity contribution >= 4 is 0 Å². The highest BCUT2D eigenvalue weighted by atomic mass is 16.5. The largest absolute Gasteiger partial charge is 0.494 e. The zero-order valence-electron chi connectivity index (χ0n) is 12.1. The van der Waals surface area contributed by atoms with Gasteiger partial charge in [0, 0.05) is 19.1 Å². The van der Waals surface area contributed by atoms with Crippen molar-refractivity contribution in [3.05, 3.63) is 29.8 Å². The molecule has 0 aliphatic carbocycles. The summed E-state index contributed by atoms with van der Waals surface area (Å²) in [6.45, 7) is 7.05. The fraction of sp³-hybridized carbons (Fsp3) is 0.600. The first-order chi connectivity index (χ1) is 8.58. The lowest BCUT2D eigenvalue weighted by Gasteiger charge is -2.12. The Morgan fingerprint density at radius 2 is 2.06 bits per heavy atom. The fourth-order valence-electron chi connectivity index (χ4n) is 1.64. The molecule has 18 heavy (non-hydrogen) atoms. The maximum Gasteiger partial charge on any atom is 0.119 e. The van der Waals surface area contributed by atoms with Crippen molar-refractivity contribution in [2.75, 3.05) is 27.2 Å². The van der Waals surface area contributed by atoms with E-state index >= 15 is 0 Å². The Hall–Kier alpha value is -1.06. The Morgan fingerprint density at radius 3 is 2.72 bits per heavy atom. The highest BCUT2D eigenvalue weighted by Crippen LogP contribution is 2.13. The van der Waals surface area contributed by atoms with Crippen LogP contribution in [0.25, 0.3) is 0 Å². The second kappa shape index (κ2) is 8.11. The molecule has 3 heteroatoms. The summed E-state index contributed by atoms with van der Waals surface area (Å²) >= 11 is 0. The lowest BCUT2D eigenvalue weighted by Crippen LogP contribution is -2.21. The van der Waals surface area contributed by atoms with Crippen LogP contribution < -0.4 is 10.1 Å². The molecule has 1 N–H and O–H groups in total. The summed E-state index contributed by atoms with van der Waals surface area (Å²) in [5.41, 5.74) is 1.27. The number of benzene rings is 1. The predicted molar refractivity (Wildman–Crippen MR) is 77.1 cm³/mol. The maximum atomic E-state index is 5.75. The van der Waals surface area contributed by atoms with Crippen molar-refractivity contribution in [3.8, 4) is 5.75 Å². The summed E-state index contributed by atoms with van der Waals surface area (Å²) in [6, 6.07) is 8.83. The fourth-order valence-corrected chi connectivity index (χ4v) is 1.64. The van der Waals surface area contributed by atoms with Crippen molar-refractivity contribution in [1.29, 1.82) is 0 Å². The molecule has 0 fully saturated rings. The standard InChI is InChI=1S/C15H26N2O/c1-13(2)16-12-14-7-5-8-15(11-14)18-10-6-9-17(3)4/h5,7-8,11,13,16H,6,9-10,12H2,1-4H3. The second-order valence-corrected chi connectivity index (χ2v) is 5.19. The smallest absolute Gasteiger partial charge is 0.119 e. The highest BCUT2D eigenvalue weighted by molar-refractivity contribution is 5.28. The van der Waals surface area contributed by atoms with Crippen LogP contribution in [-0.2, 0) is 6.54 Å². The number of hydrogen-bond donors (Lipinski definition) is 1. The molecule has 0 radical (unpaired) electrons. The lowest BCUT2D eigenvalue weighted by molar-refractivity contribution is 0.281. The van der Waals surface area contributed by atoms with E-state index < -0.39 is 0 Å². The summed E-state index contributed by atoms with van der Waals surface area (Å²) in [5, 5.41) is 3.41. The zero-order chi connectivity index (χ0) is 13.4. The van der Waals surface area contributed by atoms with Crippen LogP contribution in [0.15, 0.2) is 24.3 Å². The van der Waals surface area contributed by atoms with Crippen LogP contribution in [0.1, 0.15) is 25.8 Å². The van der Waals surface area contributed by atoms with Crippen molar-refractivity contribution in [2.24, 2.45) is 0 Å². The second-order valence-electron chi connectivity index (χ2n) is 5.19. The molecule has 0 heterocycles. The van der Waals surface area contributed by atoms with E-state index in [4.69, 9.17) is 4.74 Å². The normalized spacial score (nSPS) is 11.2. The molecule has 0 spiro atoms. The van der Waals surface area contributed by atoms with Gasteiger partial charge in [0.25, 0.3) is 0 Å². The first-order valence-corrected chi connectivity index (χ1v) is 6.68. The molecular weight excluding hydrogens is 224 g/mol. The van der Waals surface area contributed by atoms with Crippen LogP contribution in [0.3, 0.4) is 0 Å². The van der Waals surface area contributed by atoms with Gasteiger partial charge in [0.2, 0.25) is 0 Å². The van der Waals surface area contributed by atoms with Crippen LogP contribution in [0.4, 0.5) is 0 Å². The van der Waals surface area contributed by atoms with Crippen LogP contribution in [0.2, 0.25) is 0 Å². The molecule has 0 aliphatic heterocycles. The average molecular weight is 250 g/mol. The number of ether oxygens (including phenoxy) is 1. The van der Waals surface area contributed by atoms with E-state index in [1.165, 1.54) is 5.56 Å². The first kappa shape index (κ1) is 15.0. The third-order valence-corrected chi connectivity index (χ3v) is 2.63. The monoisotopic (exact) mass is 250 g/mol. The van der Waals surface area contributed by atoms with Crippen molar-refractivity contribution in [3.63, 3.8) is 0 Å². The van der Waals surface area contributed by atoms with Gasteiger partial charge in [-0.3, -0.25) is 0 Å². The third kappa shape index (κ3) is 6.62. The van der Waals surface area contributed by atoms with E-state index in [0.717, 1.165) is 31.9 Å². The topological polar surface area (TPSA) is 24.5 Å². The molecular formula is C15H26N2O. The van der Waals surface area contributed by atoms with Gasteiger partial charge in [-0.1, -0.05) is 26.0 Å². The summed E-state index contributed by atoms with van der Waals surface area (Å²) < 4.78 is 5.75. The van der Waals surface area contributed by atoms with Gasteiger partial charge in [0.05, 0.1) is 6.61 Å². The molecule has 0 saturated carbocycles. The Bertz CT molecular complexity index is 337. The highest BCUT2D eigenvalue weighted by Gasteiger charge is 1.99. The van der Waals surface area contributed by atoms with Gasteiger partial charge in [-0.15, -0.1) is 0 Å². The van der Waals surface area contributed by atoms with Gasteiger partial charge in [0.15, 0.2) is 0 Å². The van der Waals surface area contributed by atoms with E-state index in [9.17, 15) is 0 Å². The molecule has 0 aromatic heterocycles. The third-order valence-electron chi connectivity index (χ3n) is 2.63. The Labute approximate surface area is 111 Å². The molecule has 1 rings (SSSR count). The Morgan fingerprint density at radius 1 is 1.28 bits per heavy atom. The van der Waals surface area contributed by atoms with Gasteiger partial charge in [-0.25, -0.2) is 0 Å². The Balaban J connectivity index is 2.34. The first-order valence-electron chi connectivity index (χ1n) is 6.68. The number of rotatable bonds is 8.